The van der Waals surface area contributed by atoms with Crippen LogP contribution in [0.1, 0.15) is 46.5 Å². The Hall–Kier alpha value is -0.280. The molecule has 0 radical (unpaired) electrons. The molecule has 2 aliphatic rings. The van der Waals surface area contributed by atoms with E-state index >= 15 is 0 Å². The van der Waals surface area contributed by atoms with Crippen molar-refractivity contribution in [2.45, 2.75) is 52.5 Å². The van der Waals surface area contributed by atoms with E-state index in [0.29, 0.717) is 17.9 Å². The van der Waals surface area contributed by atoms with Crippen LogP contribution in [0.4, 0.5) is 0 Å². The minimum absolute atomic E-state index is 0. The molecule has 1 heterocycles. The summed E-state index contributed by atoms with van der Waals surface area (Å²) in [7, 11) is 0. The molecule has 1 amide bonds. The zero-order valence-electron chi connectivity index (χ0n) is 11.9. The molecule has 106 valence electrons. The van der Waals surface area contributed by atoms with Gasteiger partial charge in [0.1, 0.15) is 0 Å². The molecule has 1 atom stereocenters. The van der Waals surface area contributed by atoms with Crippen molar-refractivity contribution in [1.29, 1.82) is 0 Å². The average molecular weight is 275 g/mol. The largest absolute Gasteiger partial charge is 0.339 e. The van der Waals surface area contributed by atoms with E-state index < -0.39 is 0 Å². The Kier molecular flexibility index (Phi) is 5.47. The van der Waals surface area contributed by atoms with Crippen LogP contribution < -0.4 is 5.32 Å². The van der Waals surface area contributed by atoms with Gasteiger partial charge in [-0.3, -0.25) is 4.79 Å². The van der Waals surface area contributed by atoms with Crippen LogP contribution in [0.15, 0.2) is 0 Å². The van der Waals surface area contributed by atoms with Crippen molar-refractivity contribution in [2.75, 3.05) is 19.6 Å². The summed E-state index contributed by atoms with van der Waals surface area (Å²) in [5.41, 5.74) is -0.159. The van der Waals surface area contributed by atoms with Crippen molar-refractivity contribution in [1.82, 2.24) is 10.2 Å². The Labute approximate surface area is 117 Å². The monoisotopic (exact) mass is 274 g/mol. The second-order valence-corrected chi connectivity index (χ2v) is 6.31. The highest BCUT2D eigenvalue weighted by Crippen LogP contribution is 2.40. The van der Waals surface area contributed by atoms with Crippen molar-refractivity contribution in [3.8, 4) is 0 Å². The standard InChI is InChI=1S/C14H26N2O.ClH/c1-11-10-16(9-8-15-11)13(17)14(2,3)12-6-4-5-7-12;/h11-12,15H,4-10H2,1-3H3;1H/t11-;/m1./s1. The quantitative estimate of drug-likeness (QED) is 0.839. The fourth-order valence-corrected chi connectivity index (χ4v) is 3.35. The van der Waals surface area contributed by atoms with Gasteiger partial charge in [-0.15, -0.1) is 12.4 Å². The lowest BCUT2D eigenvalue weighted by atomic mass is 9.76. The van der Waals surface area contributed by atoms with E-state index in [-0.39, 0.29) is 17.8 Å². The lowest BCUT2D eigenvalue weighted by Crippen LogP contribution is -2.55. The van der Waals surface area contributed by atoms with E-state index in [1.807, 2.05) is 0 Å². The summed E-state index contributed by atoms with van der Waals surface area (Å²) in [6.45, 7) is 9.14. The third kappa shape index (κ3) is 3.18. The predicted octanol–water partition coefficient (Wildman–Crippen LogP) is 2.44. The fourth-order valence-electron chi connectivity index (χ4n) is 3.35. The van der Waals surface area contributed by atoms with E-state index in [1.165, 1.54) is 25.7 Å². The van der Waals surface area contributed by atoms with Crippen LogP contribution in [0.2, 0.25) is 0 Å². The molecule has 18 heavy (non-hydrogen) atoms. The van der Waals surface area contributed by atoms with E-state index in [4.69, 9.17) is 0 Å². The van der Waals surface area contributed by atoms with Gasteiger partial charge in [-0.05, 0) is 25.7 Å². The van der Waals surface area contributed by atoms with Crippen LogP contribution in [0.5, 0.6) is 0 Å². The molecule has 1 saturated heterocycles. The lowest BCUT2D eigenvalue weighted by Gasteiger charge is -2.39. The van der Waals surface area contributed by atoms with E-state index in [9.17, 15) is 4.79 Å². The number of amides is 1. The van der Waals surface area contributed by atoms with Gasteiger partial charge < -0.3 is 10.2 Å². The van der Waals surface area contributed by atoms with Crippen molar-refractivity contribution in [2.24, 2.45) is 11.3 Å². The minimum Gasteiger partial charge on any atom is -0.339 e. The van der Waals surface area contributed by atoms with Gasteiger partial charge >= 0.3 is 0 Å². The van der Waals surface area contributed by atoms with Gasteiger partial charge in [-0.2, -0.15) is 0 Å². The number of carbonyl (C=O) groups is 1. The maximum absolute atomic E-state index is 12.7. The molecule has 0 aromatic carbocycles. The summed E-state index contributed by atoms with van der Waals surface area (Å²) < 4.78 is 0. The molecule has 0 bridgehead atoms. The van der Waals surface area contributed by atoms with Gasteiger partial charge in [0, 0.05) is 31.1 Å². The Bertz CT molecular complexity index is 288. The summed E-state index contributed by atoms with van der Waals surface area (Å²) >= 11 is 0. The smallest absolute Gasteiger partial charge is 0.228 e. The first-order chi connectivity index (χ1) is 8.01. The third-order valence-corrected chi connectivity index (χ3v) is 4.58. The van der Waals surface area contributed by atoms with Crippen LogP contribution in [0.3, 0.4) is 0 Å². The summed E-state index contributed by atoms with van der Waals surface area (Å²) in [5, 5.41) is 3.39. The molecule has 1 N–H and O–H groups in total. The molecule has 0 aromatic heterocycles. The molecule has 4 heteroatoms. The second-order valence-electron chi connectivity index (χ2n) is 6.31. The van der Waals surface area contributed by atoms with Crippen LogP contribution in [-0.4, -0.2) is 36.5 Å². The Balaban J connectivity index is 0.00000162. The molecule has 2 rings (SSSR count). The SMILES string of the molecule is C[C@@H]1CN(C(=O)C(C)(C)C2CCCC2)CCN1.Cl. The van der Waals surface area contributed by atoms with Gasteiger partial charge in [-0.1, -0.05) is 26.7 Å². The molecule has 1 aliphatic carbocycles. The maximum atomic E-state index is 12.7. The first kappa shape index (κ1) is 15.8. The number of hydrogen-bond acceptors (Lipinski definition) is 2. The number of nitrogens with one attached hydrogen (secondary N) is 1. The van der Waals surface area contributed by atoms with Gasteiger partial charge in [0.15, 0.2) is 0 Å². The van der Waals surface area contributed by atoms with Crippen LogP contribution in [0, 0.1) is 11.3 Å². The first-order valence-corrected chi connectivity index (χ1v) is 7.04. The molecular formula is C14H27ClN2O. The van der Waals surface area contributed by atoms with Crippen molar-refractivity contribution < 1.29 is 4.79 Å². The minimum atomic E-state index is -0.159. The zero-order chi connectivity index (χ0) is 12.5. The average Bonchev–Trinajstić information content (AvgIpc) is 2.82. The highest BCUT2D eigenvalue weighted by molar-refractivity contribution is 5.85. The van der Waals surface area contributed by atoms with Crippen molar-refractivity contribution >= 4 is 18.3 Å². The molecule has 2 fully saturated rings. The number of nitrogens with zero attached hydrogens (tertiary/aromatic N) is 1. The maximum Gasteiger partial charge on any atom is 0.228 e. The summed E-state index contributed by atoms with van der Waals surface area (Å²) in [4.78, 5) is 14.7. The van der Waals surface area contributed by atoms with Gasteiger partial charge in [0.05, 0.1) is 0 Å². The van der Waals surface area contributed by atoms with Gasteiger partial charge in [0.25, 0.3) is 0 Å². The molecule has 1 aliphatic heterocycles. The number of rotatable bonds is 2. The summed E-state index contributed by atoms with van der Waals surface area (Å²) in [6.07, 6.45) is 5.08. The fraction of sp³-hybridized carbons (Fsp3) is 0.929. The number of hydrogen-bond donors (Lipinski definition) is 1. The van der Waals surface area contributed by atoms with Crippen LogP contribution in [-0.2, 0) is 4.79 Å². The number of carbonyl (C=O) groups excluding carboxylic acids is 1. The Morgan fingerprint density at radius 2 is 1.89 bits per heavy atom. The van der Waals surface area contributed by atoms with Crippen molar-refractivity contribution in [3.05, 3.63) is 0 Å². The first-order valence-electron chi connectivity index (χ1n) is 7.04. The molecular weight excluding hydrogens is 248 g/mol. The Morgan fingerprint density at radius 3 is 2.44 bits per heavy atom. The van der Waals surface area contributed by atoms with Crippen LogP contribution >= 0.6 is 12.4 Å². The summed E-state index contributed by atoms with van der Waals surface area (Å²) in [6, 6.07) is 0.437. The third-order valence-electron chi connectivity index (χ3n) is 4.58. The van der Waals surface area contributed by atoms with E-state index in [0.717, 1.165) is 19.6 Å². The second kappa shape index (κ2) is 6.25. The topological polar surface area (TPSA) is 32.3 Å². The molecule has 1 saturated carbocycles. The molecule has 0 unspecified atom stereocenters. The Morgan fingerprint density at radius 1 is 1.28 bits per heavy atom. The normalized spacial score (nSPS) is 25.9. The van der Waals surface area contributed by atoms with Crippen LogP contribution in [0.25, 0.3) is 0 Å². The highest BCUT2D eigenvalue weighted by atomic mass is 35.5. The zero-order valence-corrected chi connectivity index (χ0v) is 12.7. The van der Waals surface area contributed by atoms with E-state index in [2.05, 4.69) is 31.0 Å². The molecule has 0 aromatic rings. The number of piperazine rings is 1. The molecule has 3 nitrogen and oxygen atoms in total. The predicted molar refractivity (Wildman–Crippen MR) is 77.0 cm³/mol. The highest BCUT2D eigenvalue weighted by Gasteiger charge is 2.41. The number of halogens is 1. The lowest BCUT2D eigenvalue weighted by molar-refractivity contribution is -0.144. The molecule has 0 spiro atoms. The van der Waals surface area contributed by atoms with Crippen molar-refractivity contribution in [3.63, 3.8) is 0 Å². The van der Waals surface area contributed by atoms with E-state index in [1.54, 1.807) is 0 Å². The van der Waals surface area contributed by atoms with Gasteiger partial charge in [0.2, 0.25) is 5.91 Å². The van der Waals surface area contributed by atoms with Gasteiger partial charge in [-0.25, -0.2) is 0 Å². The summed E-state index contributed by atoms with van der Waals surface area (Å²) in [5.74, 6) is 0.970.